The Labute approximate surface area is 131 Å². The number of rotatable bonds is 6. The maximum absolute atomic E-state index is 12.0. The minimum atomic E-state index is -0.533. The number of hydrogen-bond donors (Lipinski definition) is 3. The Hall–Kier alpha value is -2.13. The maximum atomic E-state index is 12.0. The number of methoxy groups -OCH3 is 1. The Balaban J connectivity index is 2.40. The second kappa shape index (κ2) is 6.75. The number of aromatic amines is 1. The molecule has 2 aromatic heterocycles. The number of nitrogens with one attached hydrogen (secondary N) is 2. The number of aromatic nitrogens is 3. The highest BCUT2D eigenvalue weighted by Gasteiger charge is 2.16. The third-order valence-corrected chi connectivity index (χ3v) is 3.88. The molecule has 0 aliphatic carbocycles. The van der Waals surface area contributed by atoms with Gasteiger partial charge in [-0.1, -0.05) is 0 Å². The van der Waals surface area contributed by atoms with Crippen LogP contribution in [0, 0.1) is 0 Å². The van der Waals surface area contributed by atoms with E-state index in [1.165, 1.54) is 15.9 Å². The van der Waals surface area contributed by atoms with Gasteiger partial charge in [0.2, 0.25) is 0 Å². The first kappa shape index (κ1) is 16.2. The van der Waals surface area contributed by atoms with Gasteiger partial charge in [-0.25, -0.2) is 9.78 Å². The molecule has 0 aromatic carbocycles. The average molecular weight is 325 g/mol. The second-order valence-corrected chi connectivity index (χ2v) is 5.66. The highest BCUT2D eigenvalue weighted by molar-refractivity contribution is 7.14. The summed E-state index contributed by atoms with van der Waals surface area (Å²) in [5.41, 5.74) is 5.56. The summed E-state index contributed by atoms with van der Waals surface area (Å²) >= 11 is 1.36. The van der Waals surface area contributed by atoms with Crippen molar-refractivity contribution in [3.05, 3.63) is 26.2 Å². The number of hydrogen-bond acceptors (Lipinski definition) is 7. The summed E-state index contributed by atoms with van der Waals surface area (Å²) in [5, 5.41) is 5.56. The molecule has 2 aromatic rings. The van der Waals surface area contributed by atoms with E-state index in [2.05, 4.69) is 15.3 Å². The van der Waals surface area contributed by atoms with Gasteiger partial charge in [-0.15, -0.1) is 11.3 Å². The first-order valence-electron chi connectivity index (χ1n) is 6.81. The average Bonchev–Trinajstić information content (AvgIpc) is 2.87. The molecule has 2 rings (SSSR count). The van der Waals surface area contributed by atoms with Crippen LogP contribution >= 0.6 is 11.3 Å². The van der Waals surface area contributed by atoms with Crippen LogP contribution in [0.15, 0.2) is 15.0 Å². The molecule has 1 atom stereocenters. The first-order valence-corrected chi connectivity index (χ1v) is 7.69. The van der Waals surface area contributed by atoms with Gasteiger partial charge in [0.15, 0.2) is 5.13 Å². The van der Waals surface area contributed by atoms with E-state index in [1.807, 2.05) is 6.92 Å². The molecule has 0 saturated carbocycles. The molecule has 0 unspecified atom stereocenters. The van der Waals surface area contributed by atoms with Crippen LogP contribution in [0.5, 0.6) is 0 Å². The van der Waals surface area contributed by atoms with Gasteiger partial charge in [0.1, 0.15) is 11.4 Å². The molecule has 9 heteroatoms. The molecule has 120 valence electrons. The summed E-state index contributed by atoms with van der Waals surface area (Å²) in [7, 11) is 1.62. The number of H-pyrrole nitrogens is 1. The van der Waals surface area contributed by atoms with Gasteiger partial charge in [0.05, 0.1) is 12.3 Å². The van der Waals surface area contributed by atoms with E-state index in [0.29, 0.717) is 24.0 Å². The number of nitrogens with zero attached hydrogens (tertiary/aromatic N) is 2. The molecule has 8 nitrogen and oxygen atoms in total. The smallest absolute Gasteiger partial charge is 0.329 e. The van der Waals surface area contributed by atoms with E-state index in [1.54, 1.807) is 19.4 Å². The minimum Gasteiger partial charge on any atom is -0.384 e. The number of nitrogen functional groups attached to an aromatic ring is 1. The minimum absolute atomic E-state index is 0.0872. The summed E-state index contributed by atoms with van der Waals surface area (Å²) < 4.78 is 6.35. The van der Waals surface area contributed by atoms with Gasteiger partial charge in [-0.2, -0.15) is 0 Å². The molecule has 22 heavy (non-hydrogen) atoms. The number of ether oxygens (including phenoxy) is 1. The Morgan fingerprint density at radius 2 is 2.27 bits per heavy atom. The van der Waals surface area contributed by atoms with Crippen LogP contribution in [-0.4, -0.2) is 34.3 Å². The summed E-state index contributed by atoms with van der Waals surface area (Å²) in [4.78, 5) is 30.4. The highest BCUT2D eigenvalue weighted by atomic mass is 32.1. The molecule has 0 amide bonds. The van der Waals surface area contributed by atoms with E-state index in [0.717, 1.165) is 0 Å². The van der Waals surface area contributed by atoms with Crippen molar-refractivity contribution < 1.29 is 4.74 Å². The topological polar surface area (TPSA) is 115 Å². The van der Waals surface area contributed by atoms with Crippen LogP contribution in [0.2, 0.25) is 0 Å². The Kier molecular flexibility index (Phi) is 4.99. The van der Waals surface area contributed by atoms with Crippen molar-refractivity contribution in [2.45, 2.75) is 26.4 Å². The molecule has 0 bridgehead atoms. The van der Waals surface area contributed by atoms with Crippen LogP contribution < -0.4 is 22.3 Å². The predicted molar refractivity (Wildman–Crippen MR) is 87.5 cm³/mol. The zero-order valence-electron chi connectivity index (χ0n) is 12.7. The molecular weight excluding hydrogens is 306 g/mol. The lowest BCUT2D eigenvalue weighted by Gasteiger charge is -2.11. The van der Waals surface area contributed by atoms with Crippen LogP contribution in [0.3, 0.4) is 0 Å². The maximum Gasteiger partial charge on any atom is 0.329 e. The van der Waals surface area contributed by atoms with E-state index in [-0.39, 0.29) is 17.4 Å². The SMILES string of the molecule is CCn1c(N)c(-c2csc(N[C@@H](C)COC)n2)c(=O)[nH]c1=O. The van der Waals surface area contributed by atoms with Gasteiger partial charge >= 0.3 is 5.69 Å². The molecule has 0 aliphatic rings. The van der Waals surface area contributed by atoms with Gasteiger partial charge in [-0.05, 0) is 13.8 Å². The Morgan fingerprint density at radius 1 is 1.55 bits per heavy atom. The highest BCUT2D eigenvalue weighted by Crippen LogP contribution is 2.26. The van der Waals surface area contributed by atoms with Crippen molar-refractivity contribution >= 4 is 22.3 Å². The van der Waals surface area contributed by atoms with Crippen LogP contribution in [0.4, 0.5) is 10.9 Å². The molecule has 4 N–H and O–H groups in total. The molecule has 0 fully saturated rings. The van der Waals surface area contributed by atoms with Crippen molar-refractivity contribution in [1.29, 1.82) is 0 Å². The van der Waals surface area contributed by atoms with Crippen LogP contribution in [-0.2, 0) is 11.3 Å². The van der Waals surface area contributed by atoms with Crippen LogP contribution in [0.1, 0.15) is 13.8 Å². The largest absolute Gasteiger partial charge is 0.384 e. The van der Waals surface area contributed by atoms with Gasteiger partial charge in [0, 0.05) is 25.1 Å². The van der Waals surface area contributed by atoms with E-state index >= 15 is 0 Å². The molecule has 0 radical (unpaired) electrons. The summed E-state index contributed by atoms with van der Waals surface area (Å²) in [6.07, 6.45) is 0. The fourth-order valence-electron chi connectivity index (χ4n) is 2.11. The molecular formula is C13H19N5O3S. The molecule has 0 aliphatic heterocycles. The lowest BCUT2D eigenvalue weighted by Crippen LogP contribution is -2.33. The number of thiazole rings is 1. The normalized spacial score (nSPS) is 12.3. The number of nitrogens with two attached hydrogens (primary N) is 1. The fourth-order valence-corrected chi connectivity index (χ4v) is 2.92. The zero-order chi connectivity index (χ0) is 16.3. The quantitative estimate of drug-likeness (QED) is 0.720. The number of anilines is 2. The lowest BCUT2D eigenvalue weighted by atomic mass is 10.2. The van der Waals surface area contributed by atoms with E-state index in [4.69, 9.17) is 10.5 Å². The van der Waals surface area contributed by atoms with Crippen molar-refractivity contribution in [3.8, 4) is 11.3 Å². The summed E-state index contributed by atoms with van der Waals surface area (Å²) in [5.74, 6) is 0.123. The van der Waals surface area contributed by atoms with Gasteiger partial charge < -0.3 is 15.8 Å². The van der Waals surface area contributed by atoms with Crippen molar-refractivity contribution in [3.63, 3.8) is 0 Å². The predicted octanol–water partition coefficient (Wildman–Crippen LogP) is 0.709. The Morgan fingerprint density at radius 3 is 2.91 bits per heavy atom. The first-order chi connectivity index (χ1) is 10.5. The second-order valence-electron chi connectivity index (χ2n) is 4.80. The van der Waals surface area contributed by atoms with Gasteiger partial charge in [0.25, 0.3) is 5.56 Å². The standard InChI is InChI=1S/C13H19N5O3S/c1-4-18-10(14)9(11(19)17-13(18)20)8-6-22-12(16-8)15-7(2)5-21-3/h6-7H,4-5,14H2,1-3H3,(H,15,16)(H,17,19,20)/t7-/m0/s1. The molecule has 0 saturated heterocycles. The van der Waals surface area contributed by atoms with E-state index < -0.39 is 11.2 Å². The van der Waals surface area contributed by atoms with Crippen LogP contribution in [0.25, 0.3) is 11.3 Å². The fraction of sp³-hybridized carbons (Fsp3) is 0.462. The van der Waals surface area contributed by atoms with Crippen molar-refractivity contribution in [2.75, 3.05) is 24.8 Å². The zero-order valence-corrected chi connectivity index (χ0v) is 13.5. The van der Waals surface area contributed by atoms with E-state index in [9.17, 15) is 9.59 Å². The van der Waals surface area contributed by atoms with Crippen molar-refractivity contribution in [1.82, 2.24) is 14.5 Å². The van der Waals surface area contributed by atoms with Gasteiger partial charge in [-0.3, -0.25) is 14.3 Å². The monoisotopic (exact) mass is 325 g/mol. The third-order valence-electron chi connectivity index (χ3n) is 3.10. The third kappa shape index (κ3) is 3.20. The molecule has 2 heterocycles. The lowest BCUT2D eigenvalue weighted by molar-refractivity contribution is 0.190. The Bertz CT molecular complexity index is 764. The van der Waals surface area contributed by atoms with Crippen molar-refractivity contribution in [2.24, 2.45) is 0 Å². The summed E-state index contributed by atoms with van der Waals surface area (Å²) in [6.45, 7) is 4.65. The molecule has 0 spiro atoms. The summed E-state index contributed by atoms with van der Waals surface area (Å²) in [6, 6.07) is 0.0872.